The second-order valence-corrected chi connectivity index (χ2v) is 5.86. The lowest BCUT2D eigenvalue weighted by molar-refractivity contribution is -0.142. The number of ether oxygens (including phenoxy) is 1. The molecule has 1 aromatic rings. The summed E-state index contributed by atoms with van der Waals surface area (Å²) in [6.07, 6.45) is 1.30. The molecule has 0 aromatic heterocycles. The third kappa shape index (κ3) is 5.84. The lowest BCUT2D eigenvalue weighted by Crippen LogP contribution is -2.44. The van der Waals surface area contributed by atoms with E-state index in [0.29, 0.717) is 0 Å². The Balaban J connectivity index is 2.79. The number of nitrogens with one attached hydrogen (secondary N) is 2. The second kappa shape index (κ2) is 9.33. The zero-order valence-corrected chi connectivity index (χ0v) is 14.7. The number of carboxylic acids is 1. The van der Waals surface area contributed by atoms with Gasteiger partial charge in [0.1, 0.15) is 23.4 Å². The zero-order valence-electron chi connectivity index (χ0n) is 14.7. The van der Waals surface area contributed by atoms with Crippen LogP contribution in [-0.2, 0) is 9.59 Å². The van der Waals surface area contributed by atoms with Gasteiger partial charge in [-0.05, 0) is 30.5 Å². The molecule has 0 saturated carbocycles. The van der Waals surface area contributed by atoms with Crippen LogP contribution in [0.1, 0.15) is 32.4 Å². The van der Waals surface area contributed by atoms with Crippen LogP contribution in [0.15, 0.2) is 36.0 Å². The SMILES string of the molecule is COc1ccc(C(C)N/C=C(/C#N)C(=O)NC(C(=O)O)C(C)C)cc1. The molecule has 0 aliphatic rings. The molecule has 2 unspecified atom stereocenters. The van der Waals surface area contributed by atoms with E-state index >= 15 is 0 Å². The summed E-state index contributed by atoms with van der Waals surface area (Å²) in [5.41, 5.74) is 0.757. The van der Waals surface area contributed by atoms with Crippen molar-refractivity contribution in [1.82, 2.24) is 10.6 Å². The molecule has 2 atom stereocenters. The van der Waals surface area contributed by atoms with E-state index in [1.807, 2.05) is 31.2 Å². The summed E-state index contributed by atoms with van der Waals surface area (Å²) in [5.74, 6) is -1.43. The highest BCUT2D eigenvalue weighted by Crippen LogP contribution is 2.17. The van der Waals surface area contributed by atoms with Crippen molar-refractivity contribution in [1.29, 1.82) is 5.26 Å². The van der Waals surface area contributed by atoms with Crippen LogP contribution < -0.4 is 15.4 Å². The number of carbonyl (C=O) groups is 2. The van der Waals surface area contributed by atoms with Gasteiger partial charge >= 0.3 is 5.97 Å². The number of carboxylic acid groups (broad SMARTS) is 1. The lowest BCUT2D eigenvalue weighted by Gasteiger charge is -2.18. The number of amides is 1. The van der Waals surface area contributed by atoms with E-state index in [1.165, 1.54) is 6.20 Å². The van der Waals surface area contributed by atoms with Gasteiger partial charge in [0, 0.05) is 12.2 Å². The van der Waals surface area contributed by atoms with Crippen LogP contribution in [0.4, 0.5) is 0 Å². The minimum atomic E-state index is -1.14. The zero-order chi connectivity index (χ0) is 19.0. The predicted molar refractivity (Wildman–Crippen MR) is 92.6 cm³/mol. The fourth-order valence-corrected chi connectivity index (χ4v) is 2.08. The Morgan fingerprint density at radius 1 is 1.24 bits per heavy atom. The Bertz CT molecular complexity index is 675. The molecule has 7 heteroatoms. The van der Waals surface area contributed by atoms with Crippen LogP contribution in [0.2, 0.25) is 0 Å². The third-order valence-corrected chi connectivity index (χ3v) is 3.68. The maximum absolute atomic E-state index is 12.1. The normalized spacial score (nSPS) is 13.5. The first-order valence-electron chi connectivity index (χ1n) is 7.84. The molecule has 134 valence electrons. The van der Waals surface area contributed by atoms with Crippen molar-refractivity contribution in [3.63, 3.8) is 0 Å². The number of aliphatic carboxylic acids is 1. The third-order valence-electron chi connectivity index (χ3n) is 3.68. The maximum Gasteiger partial charge on any atom is 0.326 e. The Kier molecular flexibility index (Phi) is 7.47. The van der Waals surface area contributed by atoms with Crippen molar-refractivity contribution in [2.75, 3.05) is 7.11 Å². The predicted octanol–water partition coefficient (Wildman–Crippen LogP) is 1.98. The highest BCUT2D eigenvalue weighted by atomic mass is 16.5. The number of benzene rings is 1. The van der Waals surface area contributed by atoms with Gasteiger partial charge in [-0.25, -0.2) is 4.79 Å². The standard InChI is InChI=1S/C18H23N3O4/c1-11(2)16(18(23)24)21-17(22)14(9-19)10-20-12(3)13-5-7-15(25-4)8-6-13/h5-8,10-12,16,20H,1-4H3,(H,21,22)(H,23,24)/b14-10-. The molecule has 25 heavy (non-hydrogen) atoms. The molecular weight excluding hydrogens is 322 g/mol. The molecule has 1 amide bonds. The van der Waals surface area contributed by atoms with Gasteiger partial charge in [-0.2, -0.15) is 5.26 Å². The van der Waals surface area contributed by atoms with E-state index in [4.69, 9.17) is 15.1 Å². The van der Waals surface area contributed by atoms with Gasteiger partial charge in [0.05, 0.1) is 7.11 Å². The number of rotatable bonds is 8. The molecule has 0 bridgehead atoms. The average molecular weight is 345 g/mol. The van der Waals surface area contributed by atoms with Gasteiger partial charge in [0.2, 0.25) is 0 Å². The fraction of sp³-hybridized carbons (Fsp3) is 0.389. The summed E-state index contributed by atoms with van der Waals surface area (Å²) >= 11 is 0. The highest BCUT2D eigenvalue weighted by molar-refractivity contribution is 5.99. The fourth-order valence-electron chi connectivity index (χ4n) is 2.08. The molecule has 0 fully saturated rings. The van der Waals surface area contributed by atoms with Crippen molar-refractivity contribution in [3.8, 4) is 11.8 Å². The van der Waals surface area contributed by atoms with Gasteiger partial charge in [-0.15, -0.1) is 0 Å². The van der Waals surface area contributed by atoms with E-state index < -0.39 is 17.9 Å². The van der Waals surface area contributed by atoms with Crippen LogP contribution in [0.25, 0.3) is 0 Å². The van der Waals surface area contributed by atoms with Crippen molar-refractivity contribution < 1.29 is 19.4 Å². The lowest BCUT2D eigenvalue weighted by atomic mass is 10.0. The minimum Gasteiger partial charge on any atom is -0.497 e. The van der Waals surface area contributed by atoms with E-state index in [2.05, 4.69) is 10.6 Å². The average Bonchev–Trinajstić information content (AvgIpc) is 2.59. The van der Waals surface area contributed by atoms with Crippen LogP contribution in [0, 0.1) is 17.2 Å². The van der Waals surface area contributed by atoms with Gasteiger partial charge in [0.25, 0.3) is 5.91 Å². The minimum absolute atomic E-state index is 0.151. The molecule has 7 nitrogen and oxygen atoms in total. The molecular formula is C18H23N3O4. The van der Waals surface area contributed by atoms with Crippen molar-refractivity contribution in [3.05, 3.63) is 41.6 Å². The topological polar surface area (TPSA) is 111 Å². The molecule has 0 radical (unpaired) electrons. The number of nitrogens with zero attached hydrogens (tertiary/aromatic N) is 1. The van der Waals surface area contributed by atoms with Gasteiger partial charge in [-0.1, -0.05) is 26.0 Å². The summed E-state index contributed by atoms with van der Waals surface area (Å²) in [6, 6.07) is 7.95. The first-order valence-corrected chi connectivity index (χ1v) is 7.84. The summed E-state index contributed by atoms with van der Waals surface area (Å²) in [4.78, 5) is 23.3. The Hall–Kier alpha value is -3.01. The van der Waals surface area contributed by atoms with Crippen molar-refractivity contribution in [2.45, 2.75) is 32.9 Å². The summed E-state index contributed by atoms with van der Waals surface area (Å²) in [5, 5.41) is 23.6. The van der Waals surface area contributed by atoms with Crippen LogP contribution in [0.5, 0.6) is 5.75 Å². The maximum atomic E-state index is 12.1. The molecule has 1 aromatic carbocycles. The molecule has 0 aliphatic carbocycles. The largest absolute Gasteiger partial charge is 0.497 e. The van der Waals surface area contributed by atoms with E-state index in [9.17, 15) is 9.59 Å². The molecule has 3 N–H and O–H groups in total. The van der Waals surface area contributed by atoms with E-state index in [-0.39, 0.29) is 17.5 Å². The van der Waals surface area contributed by atoms with Crippen molar-refractivity contribution in [2.24, 2.45) is 5.92 Å². The first-order chi connectivity index (χ1) is 11.8. The monoisotopic (exact) mass is 345 g/mol. The smallest absolute Gasteiger partial charge is 0.326 e. The Morgan fingerprint density at radius 3 is 2.28 bits per heavy atom. The summed E-state index contributed by atoms with van der Waals surface area (Å²) < 4.78 is 5.10. The molecule has 1 rings (SSSR count). The van der Waals surface area contributed by atoms with Crippen molar-refractivity contribution >= 4 is 11.9 Å². The van der Waals surface area contributed by atoms with Gasteiger partial charge in [-0.3, -0.25) is 4.79 Å². The summed E-state index contributed by atoms with van der Waals surface area (Å²) in [6.45, 7) is 5.23. The first kappa shape index (κ1) is 20.0. The van der Waals surface area contributed by atoms with E-state index in [0.717, 1.165) is 11.3 Å². The quantitative estimate of drug-likeness (QED) is 0.491. The Morgan fingerprint density at radius 2 is 1.84 bits per heavy atom. The molecule has 0 aliphatic heterocycles. The van der Waals surface area contributed by atoms with Crippen LogP contribution in [0.3, 0.4) is 0 Å². The number of nitriles is 1. The van der Waals surface area contributed by atoms with E-state index in [1.54, 1.807) is 27.0 Å². The summed E-state index contributed by atoms with van der Waals surface area (Å²) in [7, 11) is 1.58. The Labute approximate surface area is 147 Å². The molecule has 0 saturated heterocycles. The molecule has 0 heterocycles. The highest BCUT2D eigenvalue weighted by Gasteiger charge is 2.24. The number of hydrogen-bond donors (Lipinski definition) is 3. The van der Waals surface area contributed by atoms with Crippen LogP contribution in [-0.4, -0.2) is 30.1 Å². The second-order valence-electron chi connectivity index (χ2n) is 5.86. The number of carbonyl (C=O) groups excluding carboxylic acids is 1. The van der Waals surface area contributed by atoms with Gasteiger partial charge in [0.15, 0.2) is 0 Å². The number of methoxy groups -OCH3 is 1. The number of hydrogen-bond acceptors (Lipinski definition) is 5. The van der Waals surface area contributed by atoms with Gasteiger partial charge < -0.3 is 20.5 Å². The molecule has 0 spiro atoms. The van der Waals surface area contributed by atoms with Crippen LogP contribution >= 0.6 is 0 Å².